The molecule has 0 aliphatic carbocycles. The van der Waals surface area contributed by atoms with Crippen molar-refractivity contribution in [3.63, 3.8) is 0 Å². The van der Waals surface area contributed by atoms with Gasteiger partial charge in [0.05, 0.1) is 19.1 Å². The highest BCUT2D eigenvalue weighted by Crippen LogP contribution is 2.38. The Hall–Kier alpha value is -2.45. The maximum atomic E-state index is 12.0. The van der Waals surface area contributed by atoms with Crippen LogP contribution in [0.15, 0.2) is 41.3 Å². The van der Waals surface area contributed by atoms with Gasteiger partial charge >= 0.3 is 0 Å². The summed E-state index contributed by atoms with van der Waals surface area (Å²) in [5.41, 5.74) is 1.00. The predicted octanol–water partition coefficient (Wildman–Crippen LogP) is 2.72. The number of methoxy groups -OCH3 is 2. The second kappa shape index (κ2) is 8.96. The van der Waals surface area contributed by atoms with E-state index in [1.54, 1.807) is 26.4 Å². The molecule has 0 bridgehead atoms. The summed E-state index contributed by atoms with van der Waals surface area (Å²) in [5, 5.41) is 0. The van der Waals surface area contributed by atoms with E-state index in [-0.39, 0.29) is 18.1 Å². The summed E-state index contributed by atoms with van der Waals surface area (Å²) in [6.07, 6.45) is 0. The van der Waals surface area contributed by atoms with Crippen LogP contribution in [0.3, 0.4) is 0 Å². The summed E-state index contributed by atoms with van der Waals surface area (Å²) in [6, 6.07) is 9.98. The largest absolute Gasteiger partial charge is 0.493 e. The van der Waals surface area contributed by atoms with Crippen LogP contribution in [-0.2, 0) is 10.0 Å². The molecular formula is C19H25NO6S. The van der Waals surface area contributed by atoms with Crippen LogP contribution in [-0.4, -0.2) is 54.3 Å². The molecule has 2 aromatic carbocycles. The molecule has 0 amide bonds. The smallest absolute Gasteiger partial charge is 0.242 e. The van der Waals surface area contributed by atoms with Gasteiger partial charge in [-0.2, -0.15) is 0 Å². The summed E-state index contributed by atoms with van der Waals surface area (Å²) in [6.45, 7) is 2.49. The van der Waals surface area contributed by atoms with Gasteiger partial charge in [-0.1, -0.05) is 0 Å². The monoisotopic (exact) mass is 395 g/mol. The third-order valence-electron chi connectivity index (χ3n) is 3.81. The van der Waals surface area contributed by atoms with E-state index in [4.69, 9.17) is 18.9 Å². The highest BCUT2D eigenvalue weighted by Gasteiger charge is 2.17. The fourth-order valence-corrected chi connectivity index (χ4v) is 3.28. The SMILES string of the molecule is COc1cc(C)cc(OC)c1OCCOc1ccc(S(=O)(=O)N(C)C)cc1. The van der Waals surface area contributed by atoms with Crippen LogP contribution in [0.5, 0.6) is 23.0 Å². The first kappa shape index (κ1) is 20.9. The average molecular weight is 395 g/mol. The summed E-state index contributed by atoms with van der Waals surface area (Å²) >= 11 is 0. The normalized spacial score (nSPS) is 11.3. The Morgan fingerprint density at radius 2 is 1.41 bits per heavy atom. The Kier molecular flexibility index (Phi) is 6.92. The number of benzene rings is 2. The maximum Gasteiger partial charge on any atom is 0.242 e. The second-order valence-electron chi connectivity index (χ2n) is 5.95. The second-order valence-corrected chi connectivity index (χ2v) is 8.11. The van der Waals surface area contributed by atoms with Crippen LogP contribution < -0.4 is 18.9 Å². The lowest BCUT2D eigenvalue weighted by Crippen LogP contribution is -2.22. The molecule has 0 atom stereocenters. The van der Waals surface area contributed by atoms with Gasteiger partial charge in [0.25, 0.3) is 0 Å². The van der Waals surface area contributed by atoms with Crippen LogP contribution in [0.2, 0.25) is 0 Å². The number of rotatable bonds is 9. The minimum Gasteiger partial charge on any atom is -0.493 e. The van der Waals surface area contributed by atoms with Gasteiger partial charge in [0, 0.05) is 14.1 Å². The van der Waals surface area contributed by atoms with E-state index in [0.29, 0.717) is 23.0 Å². The average Bonchev–Trinajstić information content (AvgIpc) is 2.65. The summed E-state index contributed by atoms with van der Waals surface area (Å²) in [5.74, 6) is 2.25. The van der Waals surface area contributed by atoms with Crippen LogP contribution in [0.25, 0.3) is 0 Å². The zero-order valence-electron chi connectivity index (χ0n) is 16.2. The number of hydrogen-bond donors (Lipinski definition) is 0. The van der Waals surface area contributed by atoms with Crippen molar-refractivity contribution in [2.75, 3.05) is 41.5 Å². The Morgan fingerprint density at radius 1 is 0.889 bits per heavy atom. The van der Waals surface area contributed by atoms with Gasteiger partial charge in [0.1, 0.15) is 19.0 Å². The van der Waals surface area contributed by atoms with Crippen molar-refractivity contribution < 1.29 is 27.4 Å². The summed E-state index contributed by atoms with van der Waals surface area (Å²) < 4.78 is 47.3. The van der Waals surface area contributed by atoms with Gasteiger partial charge in [-0.3, -0.25) is 0 Å². The van der Waals surface area contributed by atoms with Crippen molar-refractivity contribution >= 4 is 10.0 Å². The van der Waals surface area contributed by atoms with E-state index in [1.165, 1.54) is 30.5 Å². The van der Waals surface area contributed by atoms with Crippen LogP contribution in [0.1, 0.15) is 5.56 Å². The first-order valence-electron chi connectivity index (χ1n) is 8.30. The molecule has 0 saturated heterocycles. The molecule has 0 fully saturated rings. The van der Waals surface area contributed by atoms with E-state index >= 15 is 0 Å². The molecule has 0 radical (unpaired) electrons. The molecule has 8 heteroatoms. The molecule has 0 heterocycles. The lowest BCUT2D eigenvalue weighted by molar-refractivity contribution is 0.205. The van der Waals surface area contributed by atoms with Crippen molar-refractivity contribution in [1.29, 1.82) is 0 Å². The van der Waals surface area contributed by atoms with E-state index < -0.39 is 10.0 Å². The molecule has 0 unspecified atom stereocenters. The van der Waals surface area contributed by atoms with Gasteiger partial charge in [0.15, 0.2) is 11.5 Å². The summed E-state index contributed by atoms with van der Waals surface area (Å²) in [4.78, 5) is 0.213. The Balaban J connectivity index is 1.96. The van der Waals surface area contributed by atoms with Gasteiger partial charge in [0.2, 0.25) is 15.8 Å². The van der Waals surface area contributed by atoms with Crippen LogP contribution >= 0.6 is 0 Å². The number of ether oxygens (including phenoxy) is 4. The fourth-order valence-electron chi connectivity index (χ4n) is 2.38. The van der Waals surface area contributed by atoms with Crippen LogP contribution in [0.4, 0.5) is 0 Å². The molecule has 148 valence electrons. The molecule has 0 aliphatic rings. The molecule has 0 aromatic heterocycles. The molecule has 7 nitrogen and oxygen atoms in total. The molecule has 2 rings (SSSR count). The highest BCUT2D eigenvalue weighted by molar-refractivity contribution is 7.89. The van der Waals surface area contributed by atoms with Crippen molar-refractivity contribution in [3.8, 4) is 23.0 Å². The molecule has 0 N–H and O–H groups in total. The van der Waals surface area contributed by atoms with Gasteiger partial charge in [-0.25, -0.2) is 12.7 Å². The number of sulfonamides is 1. The van der Waals surface area contributed by atoms with Gasteiger partial charge < -0.3 is 18.9 Å². The lowest BCUT2D eigenvalue weighted by Gasteiger charge is -2.15. The molecule has 0 aliphatic heterocycles. The highest BCUT2D eigenvalue weighted by atomic mass is 32.2. The van der Waals surface area contributed by atoms with Crippen LogP contribution in [0, 0.1) is 6.92 Å². The van der Waals surface area contributed by atoms with Crippen molar-refractivity contribution in [2.24, 2.45) is 0 Å². The van der Waals surface area contributed by atoms with Gasteiger partial charge in [-0.05, 0) is 48.9 Å². The standard InChI is InChI=1S/C19H25NO6S/c1-14-12-17(23-4)19(18(13-14)24-5)26-11-10-25-15-6-8-16(9-7-15)27(21,22)20(2)3/h6-9,12-13H,10-11H2,1-5H3. The van der Waals surface area contributed by atoms with E-state index in [1.807, 2.05) is 19.1 Å². The molecular weight excluding hydrogens is 370 g/mol. The molecule has 27 heavy (non-hydrogen) atoms. The zero-order valence-corrected chi connectivity index (χ0v) is 17.0. The number of aryl methyl sites for hydroxylation is 1. The topological polar surface area (TPSA) is 74.3 Å². The third kappa shape index (κ3) is 5.05. The maximum absolute atomic E-state index is 12.0. The minimum atomic E-state index is -3.45. The Bertz CT molecular complexity index is 837. The van der Waals surface area contributed by atoms with Crippen molar-refractivity contribution in [1.82, 2.24) is 4.31 Å². The quantitative estimate of drug-likeness (QED) is 0.608. The van der Waals surface area contributed by atoms with E-state index in [0.717, 1.165) is 5.56 Å². The Morgan fingerprint density at radius 3 is 1.89 bits per heavy atom. The summed E-state index contributed by atoms with van der Waals surface area (Å²) in [7, 11) is 2.67. The first-order chi connectivity index (χ1) is 12.8. The fraction of sp³-hybridized carbons (Fsp3) is 0.368. The first-order valence-corrected chi connectivity index (χ1v) is 9.74. The third-order valence-corrected chi connectivity index (χ3v) is 5.64. The van der Waals surface area contributed by atoms with Crippen molar-refractivity contribution in [2.45, 2.75) is 11.8 Å². The number of hydrogen-bond acceptors (Lipinski definition) is 6. The number of nitrogens with zero attached hydrogens (tertiary/aromatic N) is 1. The van der Waals surface area contributed by atoms with E-state index in [9.17, 15) is 8.42 Å². The Labute approximate surface area is 160 Å². The predicted molar refractivity (Wildman–Crippen MR) is 103 cm³/mol. The zero-order chi connectivity index (χ0) is 20.0. The lowest BCUT2D eigenvalue weighted by atomic mass is 10.2. The molecule has 2 aromatic rings. The minimum absolute atomic E-state index is 0.213. The molecule has 0 spiro atoms. The molecule has 0 saturated carbocycles. The van der Waals surface area contributed by atoms with Crippen molar-refractivity contribution in [3.05, 3.63) is 42.0 Å². The van der Waals surface area contributed by atoms with Gasteiger partial charge in [-0.15, -0.1) is 0 Å². The van der Waals surface area contributed by atoms with E-state index in [2.05, 4.69) is 0 Å².